The molecule has 2 N–H and O–H groups in total. The van der Waals surface area contributed by atoms with Gasteiger partial charge in [0.1, 0.15) is 5.75 Å². The van der Waals surface area contributed by atoms with Crippen molar-refractivity contribution in [2.24, 2.45) is 5.73 Å². The second kappa shape index (κ2) is 8.25. The van der Waals surface area contributed by atoms with Crippen molar-refractivity contribution in [1.82, 2.24) is 4.90 Å². The monoisotopic (exact) mass is 312 g/mol. The van der Waals surface area contributed by atoms with Crippen LogP contribution in [0.5, 0.6) is 5.75 Å². The smallest absolute Gasteiger partial charge is 0.260 e. The minimum Gasteiger partial charge on any atom is -0.483 e. The molecule has 0 bridgehead atoms. The van der Waals surface area contributed by atoms with E-state index in [4.69, 9.17) is 22.1 Å². The van der Waals surface area contributed by atoms with Crippen molar-refractivity contribution in [3.05, 3.63) is 28.8 Å². The maximum atomic E-state index is 12.0. The summed E-state index contributed by atoms with van der Waals surface area (Å²) in [6, 6.07) is 5.63. The summed E-state index contributed by atoms with van der Waals surface area (Å²) in [7, 11) is 1.77. The normalized spacial score (nSPS) is 12.3. The third kappa shape index (κ3) is 5.21. The summed E-state index contributed by atoms with van der Waals surface area (Å²) in [6.07, 6.45) is 1.50. The van der Waals surface area contributed by atoms with E-state index in [1.54, 1.807) is 11.9 Å². The lowest BCUT2D eigenvalue weighted by atomic mass is 10.0. The zero-order valence-corrected chi connectivity index (χ0v) is 14.0. The van der Waals surface area contributed by atoms with E-state index in [-0.39, 0.29) is 24.6 Å². The van der Waals surface area contributed by atoms with Gasteiger partial charge in [-0.25, -0.2) is 0 Å². The molecule has 0 saturated heterocycles. The van der Waals surface area contributed by atoms with Crippen LogP contribution in [0.3, 0.4) is 0 Å². The Labute approximate surface area is 132 Å². The topological polar surface area (TPSA) is 55.6 Å². The highest BCUT2D eigenvalue weighted by Gasteiger charge is 2.16. The van der Waals surface area contributed by atoms with Gasteiger partial charge < -0.3 is 15.4 Å². The van der Waals surface area contributed by atoms with Crippen LogP contribution in [-0.2, 0) is 11.2 Å². The molecule has 5 heteroatoms. The lowest BCUT2D eigenvalue weighted by molar-refractivity contribution is -0.133. The fraction of sp³-hybridized carbons (Fsp3) is 0.562. The molecule has 1 amide bonds. The van der Waals surface area contributed by atoms with Gasteiger partial charge in [0.05, 0.1) is 0 Å². The van der Waals surface area contributed by atoms with Crippen LogP contribution in [0, 0.1) is 0 Å². The van der Waals surface area contributed by atoms with Gasteiger partial charge in [-0.1, -0.05) is 24.6 Å². The number of carbonyl (C=O) groups is 1. The van der Waals surface area contributed by atoms with Crippen LogP contribution >= 0.6 is 11.6 Å². The predicted octanol–water partition coefficient (Wildman–Crippen LogP) is 2.87. The molecule has 4 nitrogen and oxygen atoms in total. The average molecular weight is 313 g/mol. The lowest BCUT2D eigenvalue weighted by Crippen LogP contribution is -2.36. The molecule has 0 heterocycles. The van der Waals surface area contributed by atoms with Crippen LogP contribution in [0.2, 0.25) is 5.02 Å². The number of likely N-dealkylation sites (N-methyl/N-ethyl adjacent to an activating group) is 1. The van der Waals surface area contributed by atoms with Gasteiger partial charge in [-0.2, -0.15) is 0 Å². The zero-order valence-electron chi connectivity index (χ0n) is 13.2. The lowest BCUT2D eigenvalue weighted by Gasteiger charge is -2.22. The van der Waals surface area contributed by atoms with Gasteiger partial charge in [0.25, 0.3) is 5.91 Å². The molecule has 0 fully saturated rings. The minimum absolute atomic E-state index is 0.00336. The van der Waals surface area contributed by atoms with E-state index >= 15 is 0 Å². The molecule has 0 aromatic heterocycles. The van der Waals surface area contributed by atoms with Gasteiger partial charge in [-0.3, -0.25) is 4.79 Å². The van der Waals surface area contributed by atoms with Gasteiger partial charge in [-0.05, 0) is 38.8 Å². The van der Waals surface area contributed by atoms with Crippen LogP contribution in [0.25, 0.3) is 0 Å². The molecular formula is C16H25ClN2O2. The van der Waals surface area contributed by atoms with E-state index in [2.05, 4.69) is 0 Å². The van der Waals surface area contributed by atoms with E-state index in [1.165, 1.54) is 0 Å². The van der Waals surface area contributed by atoms with Crippen molar-refractivity contribution in [3.8, 4) is 5.75 Å². The first kappa shape index (κ1) is 17.8. The first-order valence-electron chi connectivity index (χ1n) is 7.28. The van der Waals surface area contributed by atoms with E-state index in [0.717, 1.165) is 12.0 Å². The molecule has 1 aromatic rings. The van der Waals surface area contributed by atoms with E-state index in [1.807, 2.05) is 39.0 Å². The number of nitrogens with two attached hydrogens (primary N) is 1. The molecule has 0 aliphatic carbocycles. The zero-order chi connectivity index (χ0) is 16.0. The van der Waals surface area contributed by atoms with Gasteiger partial charge in [0.15, 0.2) is 6.61 Å². The van der Waals surface area contributed by atoms with Gasteiger partial charge in [0.2, 0.25) is 0 Å². The highest BCUT2D eigenvalue weighted by atomic mass is 35.5. The number of amides is 1. The summed E-state index contributed by atoms with van der Waals surface area (Å²) in [5.41, 5.74) is 6.87. The summed E-state index contributed by atoms with van der Waals surface area (Å²) in [5.74, 6) is 0.577. The Balaban J connectivity index is 2.79. The Bertz CT molecular complexity index is 477. The first-order chi connectivity index (χ1) is 9.86. The van der Waals surface area contributed by atoms with Crippen LogP contribution in [0.1, 0.15) is 32.8 Å². The van der Waals surface area contributed by atoms with Crippen LogP contribution in [-0.4, -0.2) is 36.5 Å². The van der Waals surface area contributed by atoms with E-state index < -0.39 is 0 Å². The largest absolute Gasteiger partial charge is 0.483 e. The second-order valence-corrected chi connectivity index (χ2v) is 5.88. The number of nitrogens with zero attached hydrogens (tertiary/aromatic N) is 1. The SMILES string of the molecule is CCC(N)Cc1c(Cl)cccc1OCC(=O)N(C)C(C)C. The Morgan fingerprint density at radius 2 is 2.10 bits per heavy atom. The quantitative estimate of drug-likeness (QED) is 0.842. The summed E-state index contributed by atoms with van der Waals surface area (Å²) in [4.78, 5) is 13.6. The fourth-order valence-electron chi connectivity index (χ4n) is 1.81. The molecule has 21 heavy (non-hydrogen) atoms. The van der Waals surface area contributed by atoms with Crippen molar-refractivity contribution in [2.45, 2.75) is 45.7 Å². The van der Waals surface area contributed by atoms with Gasteiger partial charge >= 0.3 is 0 Å². The molecule has 1 atom stereocenters. The van der Waals surface area contributed by atoms with E-state index in [9.17, 15) is 4.79 Å². The Kier molecular flexibility index (Phi) is 6.99. The average Bonchev–Trinajstić information content (AvgIpc) is 2.46. The number of ether oxygens (including phenoxy) is 1. The highest BCUT2D eigenvalue weighted by molar-refractivity contribution is 6.31. The first-order valence-corrected chi connectivity index (χ1v) is 7.66. The number of hydrogen-bond donors (Lipinski definition) is 1. The molecule has 0 radical (unpaired) electrons. The van der Waals surface area contributed by atoms with Crippen LogP contribution < -0.4 is 10.5 Å². The number of benzene rings is 1. The molecule has 1 rings (SSSR count). The molecule has 0 saturated carbocycles. The molecular weight excluding hydrogens is 288 g/mol. The molecule has 118 valence electrons. The fourth-order valence-corrected chi connectivity index (χ4v) is 2.05. The van der Waals surface area contributed by atoms with Crippen molar-refractivity contribution in [3.63, 3.8) is 0 Å². The number of carbonyl (C=O) groups excluding carboxylic acids is 1. The van der Waals surface area contributed by atoms with Crippen molar-refractivity contribution >= 4 is 17.5 Å². The highest BCUT2D eigenvalue weighted by Crippen LogP contribution is 2.28. The number of halogens is 1. The Morgan fingerprint density at radius 1 is 1.43 bits per heavy atom. The Hall–Kier alpha value is -1.26. The van der Waals surface area contributed by atoms with E-state index in [0.29, 0.717) is 17.2 Å². The molecule has 1 aromatic carbocycles. The van der Waals surface area contributed by atoms with Crippen LogP contribution in [0.15, 0.2) is 18.2 Å². The summed E-state index contributed by atoms with van der Waals surface area (Å²) >= 11 is 6.23. The number of rotatable bonds is 7. The van der Waals surface area contributed by atoms with Crippen molar-refractivity contribution < 1.29 is 9.53 Å². The molecule has 1 unspecified atom stereocenters. The predicted molar refractivity (Wildman–Crippen MR) is 86.8 cm³/mol. The minimum atomic E-state index is -0.0595. The summed E-state index contributed by atoms with van der Waals surface area (Å²) in [5, 5.41) is 0.626. The van der Waals surface area contributed by atoms with Gasteiger partial charge in [-0.15, -0.1) is 0 Å². The maximum absolute atomic E-state index is 12.0. The van der Waals surface area contributed by atoms with Crippen molar-refractivity contribution in [1.29, 1.82) is 0 Å². The summed E-state index contributed by atoms with van der Waals surface area (Å²) < 4.78 is 5.67. The van der Waals surface area contributed by atoms with Crippen LogP contribution in [0.4, 0.5) is 0 Å². The molecule has 0 aliphatic rings. The third-order valence-corrected chi connectivity index (χ3v) is 3.94. The molecule has 0 spiro atoms. The molecule has 0 aliphatic heterocycles. The number of hydrogen-bond acceptors (Lipinski definition) is 3. The Morgan fingerprint density at radius 3 is 2.67 bits per heavy atom. The second-order valence-electron chi connectivity index (χ2n) is 5.48. The summed E-state index contributed by atoms with van der Waals surface area (Å²) in [6.45, 7) is 5.96. The van der Waals surface area contributed by atoms with Crippen molar-refractivity contribution in [2.75, 3.05) is 13.7 Å². The third-order valence-electron chi connectivity index (χ3n) is 3.59. The van der Waals surface area contributed by atoms with Gasteiger partial charge in [0, 0.05) is 29.7 Å². The standard InChI is InChI=1S/C16H25ClN2O2/c1-5-12(18)9-13-14(17)7-6-8-15(13)21-10-16(20)19(4)11(2)3/h6-8,11-12H,5,9-10,18H2,1-4H3. The maximum Gasteiger partial charge on any atom is 0.260 e.